The molecule has 23 heavy (non-hydrogen) atoms. The summed E-state index contributed by atoms with van der Waals surface area (Å²) < 4.78 is 5.36. The summed E-state index contributed by atoms with van der Waals surface area (Å²) in [6.45, 7) is 13.6. The molecule has 0 saturated heterocycles. The molecule has 0 fully saturated rings. The molecule has 0 aliphatic carbocycles. The zero-order valence-corrected chi connectivity index (χ0v) is 16.2. The molecule has 2 N–H and O–H groups in total. The second-order valence-corrected chi connectivity index (χ2v) is 7.80. The second-order valence-electron chi connectivity index (χ2n) is 7.80. The lowest BCUT2D eigenvalue weighted by atomic mass is 9.92. The van der Waals surface area contributed by atoms with Crippen LogP contribution in [-0.4, -0.2) is 41.5 Å². The normalized spacial score (nSPS) is 15.9. The van der Waals surface area contributed by atoms with Crippen LogP contribution in [0.2, 0.25) is 0 Å². The highest BCUT2D eigenvalue weighted by Crippen LogP contribution is 2.21. The highest BCUT2D eigenvalue weighted by atomic mass is 16.6. The summed E-state index contributed by atoms with van der Waals surface area (Å²) in [5.74, 6) is 0.105. The Bertz CT molecular complexity index is 388. The van der Waals surface area contributed by atoms with Crippen molar-refractivity contribution in [1.82, 2.24) is 4.90 Å². The highest BCUT2D eigenvalue weighted by molar-refractivity contribution is 5.82. The Labute approximate surface area is 141 Å². The molecule has 5 nitrogen and oxygen atoms in total. The first-order chi connectivity index (χ1) is 10.4. The number of nitrogens with two attached hydrogens (primary N) is 1. The van der Waals surface area contributed by atoms with Crippen LogP contribution in [0.15, 0.2) is 0 Å². The Balaban J connectivity index is 4.89. The van der Waals surface area contributed by atoms with Gasteiger partial charge in [-0.1, -0.05) is 34.1 Å². The molecule has 0 saturated carbocycles. The highest BCUT2D eigenvalue weighted by Gasteiger charge is 2.30. The summed E-state index contributed by atoms with van der Waals surface area (Å²) in [6, 6.07) is -0.516. The van der Waals surface area contributed by atoms with Gasteiger partial charge in [-0.3, -0.25) is 9.59 Å². The van der Waals surface area contributed by atoms with E-state index in [1.807, 2.05) is 34.6 Å². The Morgan fingerprint density at radius 2 is 1.70 bits per heavy atom. The lowest BCUT2D eigenvalue weighted by Crippen LogP contribution is -2.50. The molecule has 0 heterocycles. The van der Waals surface area contributed by atoms with Crippen molar-refractivity contribution in [2.24, 2.45) is 17.6 Å². The minimum atomic E-state index is -0.506. The Morgan fingerprint density at radius 3 is 2.09 bits per heavy atom. The molecule has 136 valence electrons. The smallest absolute Gasteiger partial charge is 0.306 e. The maximum atomic E-state index is 12.5. The molecule has 0 spiro atoms. The van der Waals surface area contributed by atoms with Crippen LogP contribution in [-0.2, 0) is 14.3 Å². The van der Waals surface area contributed by atoms with Crippen molar-refractivity contribution in [2.45, 2.75) is 85.4 Å². The van der Waals surface area contributed by atoms with Gasteiger partial charge in [0, 0.05) is 19.5 Å². The van der Waals surface area contributed by atoms with Crippen molar-refractivity contribution in [3.63, 3.8) is 0 Å². The van der Waals surface area contributed by atoms with Gasteiger partial charge in [0.25, 0.3) is 0 Å². The van der Waals surface area contributed by atoms with Gasteiger partial charge in [-0.2, -0.15) is 0 Å². The van der Waals surface area contributed by atoms with Gasteiger partial charge in [-0.15, -0.1) is 0 Å². The third-order valence-corrected chi connectivity index (χ3v) is 4.21. The van der Waals surface area contributed by atoms with Gasteiger partial charge in [0.15, 0.2) is 0 Å². The molecule has 3 atom stereocenters. The van der Waals surface area contributed by atoms with E-state index in [-0.39, 0.29) is 23.8 Å². The van der Waals surface area contributed by atoms with Gasteiger partial charge in [-0.05, 0) is 39.0 Å². The van der Waals surface area contributed by atoms with Crippen LogP contribution in [0.5, 0.6) is 0 Å². The maximum absolute atomic E-state index is 12.5. The molecule has 0 radical (unpaired) electrons. The zero-order valence-electron chi connectivity index (χ0n) is 16.2. The largest absolute Gasteiger partial charge is 0.460 e. The van der Waals surface area contributed by atoms with Crippen LogP contribution in [0.4, 0.5) is 0 Å². The number of hydrogen-bond donors (Lipinski definition) is 1. The van der Waals surface area contributed by atoms with Crippen LogP contribution < -0.4 is 5.73 Å². The van der Waals surface area contributed by atoms with E-state index in [0.717, 1.165) is 6.42 Å². The van der Waals surface area contributed by atoms with E-state index < -0.39 is 11.6 Å². The number of likely N-dealkylation sites (N-methyl/N-ethyl adjacent to an activating group) is 1. The maximum Gasteiger partial charge on any atom is 0.306 e. The van der Waals surface area contributed by atoms with E-state index in [2.05, 4.69) is 13.8 Å². The zero-order chi connectivity index (χ0) is 18.4. The van der Waals surface area contributed by atoms with E-state index in [1.54, 1.807) is 11.9 Å². The third kappa shape index (κ3) is 7.82. The van der Waals surface area contributed by atoms with Crippen molar-refractivity contribution < 1.29 is 14.3 Å². The minimum absolute atomic E-state index is 0.00943. The van der Waals surface area contributed by atoms with Crippen LogP contribution >= 0.6 is 0 Å². The molecule has 0 aliphatic rings. The molecule has 0 aromatic heterocycles. The molecule has 0 aromatic rings. The predicted molar refractivity (Wildman–Crippen MR) is 93.9 cm³/mol. The summed E-state index contributed by atoms with van der Waals surface area (Å²) in [5, 5.41) is 0. The fourth-order valence-electron chi connectivity index (χ4n) is 2.47. The molecule has 0 aromatic carbocycles. The molecule has 0 unspecified atom stereocenters. The molecule has 1 amide bonds. The van der Waals surface area contributed by atoms with E-state index >= 15 is 0 Å². The molecule has 0 bridgehead atoms. The van der Waals surface area contributed by atoms with E-state index in [4.69, 9.17) is 10.5 Å². The summed E-state index contributed by atoms with van der Waals surface area (Å²) >= 11 is 0. The lowest BCUT2D eigenvalue weighted by molar-refractivity contribution is -0.155. The quantitative estimate of drug-likeness (QED) is 0.695. The van der Waals surface area contributed by atoms with Crippen molar-refractivity contribution in [3.05, 3.63) is 0 Å². The fourth-order valence-corrected chi connectivity index (χ4v) is 2.47. The number of carbonyl (C=O) groups excluding carboxylic acids is 2. The SMILES string of the molecule is CC[C@H](C)[C@@H](CCC(=O)OC(C)(C)C)N(C)C(=O)[C@@H](N)C(C)C. The van der Waals surface area contributed by atoms with Crippen molar-refractivity contribution in [1.29, 1.82) is 0 Å². The number of esters is 1. The van der Waals surface area contributed by atoms with Gasteiger partial charge >= 0.3 is 5.97 Å². The Kier molecular flexibility index (Phi) is 8.82. The number of rotatable bonds is 8. The first kappa shape index (κ1) is 21.9. The molecule has 0 aliphatic heterocycles. The van der Waals surface area contributed by atoms with Gasteiger partial charge in [0.2, 0.25) is 5.91 Å². The van der Waals surface area contributed by atoms with Gasteiger partial charge in [-0.25, -0.2) is 0 Å². The second kappa shape index (κ2) is 9.26. The number of ether oxygens (including phenoxy) is 1. The first-order valence-corrected chi connectivity index (χ1v) is 8.64. The summed E-state index contributed by atoms with van der Waals surface area (Å²) in [5.41, 5.74) is 5.52. The van der Waals surface area contributed by atoms with E-state index in [9.17, 15) is 9.59 Å². The Hall–Kier alpha value is -1.10. The molecular weight excluding hydrogens is 292 g/mol. The van der Waals surface area contributed by atoms with Gasteiger partial charge < -0.3 is 15.4 Å². The summed E-state index contributed by atoms with van der Waals surface area (Å²) in [7, 11) is 1.79. The first-order valence-electron chi connectivity index (χ1n) is 8.64. The van der Waals surface area contributed by atoms with Crippen LogP contribution in [0.25, 0.3) is 0 Å². The topological polar surface area (TPSA) is 72.6 Å². The third-order valence-electron chi connectivity index (χ3n) is 4.21. The predicted octanol–water partition coefficient (Wildman–Crippen LogP) is 2.96. The van der Waals surface area contributed by atoms with Crippen LogP contribution in [0.1, 0.15) is 67.7 Å². The van der Waals surface area contributed by atoms with Crippen molar-refractivity contribution in [3.8, 4) is 0 Å². The van der Waals surface area contributed by atoms with Crippen LogP contribution in [0, 0.1) is 11.8 Å². The number of carbonyl (C=O) groups is 2. The van der Waals surface area contributed by atoms with E-state index in [1.165, 1.54) is 0 Å². The lowest BCUT2D eigenvalue weighted by Gasteiger charge is -2.35. The van der Waals surface area contributed by atoms with Crippen molar-refractivity contribution >= 4 is 11.9 Å². The number of nitrogens with zero attached hydrogens (tertiary/aromatic N) is 1. The molecule has 5 heteroatoms. The summed E-state index contributed by atoms with van der Waals surface area (Å²) in [4.78, 5) is 26.2. The Morgan fingerprint density at radius 1 is 1.17 bits per heavy atom. The minimum Gasteiger partial charge on any atom is -0.460 e. The van der Waals surface area contributed by atoms with E-state index in [0.29, 0.717) is 18.8 Å². The summed E-state index contributed by atoms with van der Waals surface area (Å²) in [6.07, 6.45) is 1.84. The van der Waals surface area contributed by atoms with Gasteiger partial charge in [0.05, 0.1) is 6.04 Å². The molecular formula is C18H36N2O3. The number of amides is 1. The average Bonchev–Trinajstić information content (AvgIpc) is 2.43. The monoisotopic (exact) mass is 328 g/mol. The molecule has 0 rings (SSSR count). The van der Waals surface area contributed by atoms with Crippen LogP contribution in [0.3, 0.4) is 0 Å². The number of hydrogen-bond acceptors (Lipinski definition) is 4. The van der Waals surface area contributed by atoms with Crippen molar-refractivity contribution in [2.75, 3.05) is 7.05 Å². The fraction of sp³-hybridized carbons (Fsp3) is 0.889. The standard InChI is InChI=1S/C18H36N2O3/c1-9-13(4)14(10-11-15(21)23-18(5,6)7)20(8)17(22)16(19)12(2)3/h12-14,16H,9-11,19H2,1-8H3/t13-,14+,16-/m0/s1. The van der Waals surface area contributed by atoms with Gasteiger partial charge in [0.1, 0.15) is 5.60 Å². The average molecular weight is 328 g/mol.